The van der Waals surface area contributed by atoms with Gasteiger partial charge < -0.3 is 20.9 Å². The van der Waals surface area contributed by atoms with Crippen molar-refractivity contribution in [2.45, 2.75) is 63.2 Å². The molecule has 3 aromatic carbocycles. The molecule has 3 aromatic rings. The van der Waals surface area contributed by atoms with Crippen LogP contribution in [0, 0.1) is 6.92 Å². The average molecular weight is 553 g/mol. The quantitative estimate of drug-likeness (QED) is 0.437. The van der Waals surface area contributed by atoms with Crippen LogP contribution in [0.15, 0.2) is 84.9 Å². The number of hydrogen-bond acceptors (Lipinski definition) is 4. The van der Waals surface area contributed by atoms with Crippen LogP contribution in [0.5, 0.6) is 0 Å². The van der Waals surface area contributed by atoms with Gasteiger partial charge in [-0.2, -0.15) is 0 Å². The summed E-state index contributed by atoms with van der Waals surface area (Å²) in [4.78, 5) is 56.7. The monoisotopic (exact) mass is 552 g/mol. The predicted octanol–water partition coefficient (Wildman–Crippen LogP) is 2.48. The van der Waals surface area contributed by atoms with Crippen LogP contribution in [0.1, 0.15) is 35.1 Å². The van der Waals surface area contributed by atoms with E-state index in [0.717, 1.165) is 22.3 Å². The number of fused-ring (bicyclic) bond motifs is 1. The fraction of sp³-hybridized carbons (Fsp3) is 0.333. The highest BCUT2D eigenvalue weighted by Crippen LogP contribution is 2.21. The zero-order valence-electron chi connectivity index (χ0n) is 23.2. The van der Waals surface area contributed by atoms with Gasteiger partial charge in [-0.25, -0.2) is 0 Å². The summed E-state index contributed by atoms with van der Waals surface area (Å²) in [6, 6.07) is 23.2. The summed E-state index contributed by atoms with van der Waals surface area (Å²) < 4.78 is 0. The van der Waals surface area contributed by atoms with Crippen molar-refractivity contribution in [3.8, 4) is 0 Å². The molecule has 41 heavy (non-hydrogen) atoms. The SMILES string of the molecule is Cc1ccccc1C[C@H]1NC(=O)[C@H](Cc2ccccc2)NC(=O)[C@H]2CCCN2C(=O)[C@H](Cc2ccccc2)NC1=O. The molecule has 0 bridgehead atoms. The molecule has 4 atom stereocenters. The molecule has 2 aliphatic rings. The van der Waals surface area contributed by atoms with Gasteiger partial charge in [0.15, 0.2) is 0 Å². The van der Waals surface area contributed by atoms with Gasteiger partial charge in [0.1, 0.15) is 24.2 Å². The van der Waals surface area contributed by atoms with E-state index in [1.165, 1.54) is 0 Å². The molecule has 2 heterocycles. The van der Waals surface area contributed by atoms with Crippen LogP contribution in [0.3, 0.4) is 0 Å². The summed E-state index contributed by atoms with van der Waals surface area (Å²) in [5.74, 6) is -1.52. The third-order valence-corrected chi connectivity index (χ3v) is 7.97. The predicted molar refractivity (Wildman–Crippen MR) is 156 cm³/mol. The number of benzene rings is 3. The first-order valence-electron chi connectivity index (χ1n) is 14.2. The molecule has 2 aliphatic heterocycles. The smallest absolute Gasteiger partial charge is 0.246 e. The van der Waals surface area contributed by atoms with Gasteiger partial charge in [-0.15, -0.1) is 0 Å². The molecular weight excluding hydrogens is 516 g/mol. The molecule has 3 N–H and O–H groups in total. The normalized spacial score (nSPS) is 23.5. The summed E-state index contributed by atoms with van der Waals surface area (Å²) in [7, 11) is 0. The number of carbonyl (C=O) groups is 4. The van der Waals surface area contributed by atoms with Gasteiger partial charge in [-0.05, 0) is 42.0 Å². The summed E-state index contributed by atoms with van der Waals surface area (Å²) in [5, 5.41) is 8.80. The topological polar surface area (TPSA) is 108 Å². The summed E-state index contributed by atoms with van der Waals surface area (Å²) in [6.07, 6.45) is 1.95. The van der Waals surface area contributed by atoms with E-state index < -0.39 is 36.0 Å². The van der Waals surface area contributed by atoms with Gasteiger partial charge in [-0.3, -0.25) is 19.2 Å². The standard InChI is InChI=1S/C33H36N4O4/c1-22-11-8-9-16-25(22)21-27-31(39)36-28(20-24-14-6-3-7-15-24)33(41)37-18-10-17-29(37)32(40)35-26(30(38)34-27)19-23-12-4-2-5-13-23/h2-9,11-16,26-29H,10,17-21H2,1H3,(H,34,38)(H,35,40)(H,36,39)/t26-,27+,28-,29+/m0/s1. The van der Waals surface area contributed by atoms with Crippen LogP contribution in [0.4, 0.5) is 0 Å². The Kier molecular flexibility index (Phi) is 8.77. The van der Waals surface area contributed by atoms with Gasteiger partial charge in [0.05, 0.1) is 0 Å². The van der Waals surface area contributed by atoms with Gasteiger partial charge in [0, 0.05) is 25.8 Å². The second-order valence-corrected chi connectivity index (χ2v) is 10.9. The van der Waals surface area contributed by atoms with Crippen molar-refractivity contribution in [3.63, 3.8) is 0 Å². The number of hydrogen-bond donors (Lipinski definition) is 3. The summed E-state index contributed by atoms with van der Waals surface area (Å²) in [5.41, 5.74) is 3.67. The lowest BCUT2D eigenvalue weighted by Gasteiger charge is -2.32. The first-order valence-corrected chi connectivity index (χ1v) is 14.2. The maximum atomic E-state index is 13.9. The minimum atomic E-state index is -0.946. The van der Waals surface area contributed by atoms with Crippen LogP contribution in [0.2, 0.25) is 0 Å². The molecule has 0 saturated carbocycles. The highest BCUT2D eigenvalue weighted by molar-refractivity contribution is 5.98. The minimum Gasteiger partial charge on any atom is -0.342 e. The molecule has 0 unspecified atom stereocenters. The molecular formula is C33H36N4O4. The Bertz CT molecular complexity index is 1390. The van der Waals surface area contributed by atoms with Gasteiger partial charge in [0.25, 0.3) is 0 Å². The highest BCUT2D eigenvalue weighted by atomic mass is 16.2. The molecule has 2 fully saturated rings. The molecule has 4 amide bonds. The van der Waals surface area contributed by atoms with Crippen LogP contribution < -0.4 is 16.0 Å². The van der Waals surface area contributed by atoms with Crippen molar-refractivity contribution in [2.75, 3.05) is 6.54 Å². The zero-order chi connectivity index (χ0) is 28.8. The lowest BCUT2D eigenvalue weighted by Crippen LogP contribution is -2.62. The molecule has 0 radical (unpaired) electrons. The van der Waals surface area contributed by atoms with E-state index >= 15 is 0 Å². The third-order valence-electron chi connectivity index (χ3n) is 7.97. The second kappa shape index (κ2) is 12.8. The Morgan fingerprint density at radius 2 is 1.15 bits per heavy atom. The largest absolute Gasteiger partial charge is 0.342 e. The van der Waals surface area contributed by atoms with Crippen LogP contribution in [-0.2, 0) is 38.4 Å². The van der Waals surface area contributed by atoms with Gasteiger partial charge in [-0.1, -0.05) is 84.9 Å². The molecule has 0 spiro atoms. The molecule has 0 aromatic heterocycles. The maximum absolute atomic E-state index is 13.9. The van der Waals surface area contributed by atoms with Crippen molar-refractivity contribution in [1.29, 1.82) is 0 Å². The Morgan fingerprint density at radius 3 is 1.78 bits per heavy atom. The summed E-state index contributed by atoms with van der Waals surface area (Å²) >= 11 is 0. The van der Waals surface area contributed by atoms with Crippen molar-refractivity contribution < 1.29 is 19.2 Å². The Labute approximate surface area is 240 Å². The minimum absolute atomic E-state index is 0.245. The fourth-order valence-corrected chi connectivity index (χ4v) is 5.69. The summed E-state index contributed by atoms with van der Waals surface area (Å²) in [6.45, 7) is 2.37. The number of amides is 4. The lowest BCUT2D eigenvalue weighted by molar-refractivity contribution is -0.143. The maximum Gasteiger partial charge on any atom is 0.246 e. The number of nitrogens with one attached hydrogen (secondary N) is 3. The van der Waals surface area contributed by atoms with Gasteiger partial charge in [0.2, 0.25) is 23.6 Å². The fourth-order valence-electron chi connectivity index (χ4n) is 5.69. The molecule has 212 valence electrons. The van der Waals surface area contributed by atoms with Crippen molar-refractivity contribution in [1.82, 2.24) is 20.9 Å². The van der Waals surface area contributed by atoms with E-state index in [-0.39, 0.29) is 31.1 Å². The second-order valence-electron chi connectivity index (χ2n) is 10.9. The Balaban J connectivity index is 1.50. The van der Waals surface area contributed by atoms with Crippen molar-refractivity contribution in [3.05, 3.63) is 107 Å². The van der Waals surface area contributed by atoms with Crippen LogP contribution >= 0.6 is 0 Å². The van der Waals surface area contributed by atoms with Crippen LogP contribution in [0.25, 0.3) is 0 Å². The molecule has 5 rings (SSSR count). The Hall–Kier alpha value is -4.46. The number of carbonyl (C=O) groups excluding carboxylic acids is 4. The van der Waals surface area contributed by atoms with Crippen molar-refractivity contribution in [2.24, 2.45) is 0 Å². The third kappa shape index (κ3) is 6.82. The van der Waals surface area contributed by atoms with Crippen LogP contribution in [-0.4, -0.2) is 59.2 Å². The number of aryl methyl sites for hydroxylation is 1. The van der Waals surface area contributed by atoms with E-state index in [1.54, 1.807) is 4.90 Å². The molecule has 2 saturated heterocycles. The van der Waals surface area contributed by atoms with Gasteiger partial charge >= 0.3 is 0 Å². The van der Waals surface area contributed by atoms with E-state index in [4.69, 9.17) is 0 Å². The van der Waals surface area contributed by atoms with E-state index in [0.29, 0.717) is 19.4 Å². The molecule has 8 nitrogen and oxygen atoms in total. The van der Waals surface area contributed by atoms with Crippen molar-refractivity contribution >= 4 is 23.6 Å². The number of nitrogens with zero attached hydrogens (tertiary/aromatic N) is 1. The average Bonchev–Trinajstić information content (AvgIpc) is 3.48. The highest BCUT2D eigenvalue weighted by Gasteiger charge is 2.40. The van der Waals surface area contributed by atoms with E-state index in [9.17, 15) is 19.2 Å². The molecule has 8 heteroatoms. The lowest BCUT2D eigenvalue weighted by atomic mass is 9.98. The first kappa shape index (κ1) is 28.1. The number of rotatable bonds is 6. The van der Waals surface area contributed by atoms with E-state index in [2.05, 4.69) is 16.0 Å². The first-order chi connectivity index (χ1) is 19.9. The zero-order valence-corrected chi connectivity index (χ0v) is 23.2. The molecule has 0 aliphatic carbocycles. The van der Waals surface area contributed by atoms with E-state index in [1.807, 2.05) is 91.9 Å². The Morgan fingerprint density at radius 1 is 0.634 bits per heavy atom.